The molecule has 4 heteroatoms. The monoisotopic (exact) mass is 299 g/mol. The molecule has 3 nitrogen and oxygen atoms in total. The molecule has 2 rings (SSSR count). The van der Waals surface area contributed by atoms with Gasteiger partial charge in [0.1, 0.15) is 0 Å². The number of rotatable bonds is 6. The first-order chi connectivity index (χ1) is 10.1. The molecule has 0 saturated carbocycles. The fourth-order valence-electron chi connectivity index (χ4n) is 3.16. The second kappa shape index (κ2) is 7.48. The zero-order valence-electron chi connectivity index (χ0n) is 13.1. The van der Waals surface area contributed by atoms with E-state index in [0.29, 0.717) is 5.92 Å². The van der Waals surface area contributed by atoms with Crippen LogP contribution in [0, 0.1) is 5.92 Å². The van der Waals surface area contributed by atoms with Gasteiger partial charge in [-0.1, -0.05) is 71.9 Å². The summed E-state index contributed by atoms with van der Waals surface area (Å²) in [5.41, 5.74) is 8.87. The minimum absolute atomic E-state index is 0.162. The Labute approximate surface area is 128 Å². The standard InChI is InChI=1S/C17H25N3Si/c1-21(2,16-11-7-4-8-12-16)14-13-17(19-20-18)15-9-5-3-6-10-15/h3-5,7-8,11-12,15,17H,6,9-10,13-14H2,1-2H3. The molecule has 1 aliphatic carbocycles. The molecule has 0 bridgehead atoms. The fourth-order valence-corrected chi connectivity index (χ4v) is 5.56. The number of azide groups is 1. The molecule has 0 heterocycles. The van der Waals surface area contributed by atoms with Gasteiger partial charge in [0, 0.05) is 11.0 Å². The quantitative estimate of drug-likeness (QED) is 0.233. The Hall–Kier alpha value is -1.51. The van der Waals surface area contributed by atoms with Crippen LogP contribution in [0.2, 0.25) is 19.1 Å². The summed E-state index contributed by atoms with van der Waals surface area (Å²) < 4.78 is 0. The van der Waals surface area contributed by atoms with Crippen molar-refractivity contribution in [2.75, 3.05) is 0 Å². The molecule has 21 heavy (non-hydrogen) atoms. The first-order valence-corrected chi connectivity index (χ1v) is 11.1. The first-order valence-electron chi connectivity index (χ1n) is 7.88. The zero-order valence-corrected chi connectivity index (χ0v) is 14.1. The largest absolute Gasteiger partial charge is 0.0903 e. The lowest BCUT2D eigenvalue weighted by Crippen LogP contribution is -2.41. The summed E-state index contributed by atoms with van der Waals surface area (Å²) >= 11 is 0. The van der Waals surface area contributed by atoms with E-state index in [1.165, 1.54) is 11.2 Å². The summed E-state index contributed by atoms with van der Waals surface area (Å²) in [5.74, 6) is 0.534. The van der Waals surface area contributed by atoms with Crippen molar-refractivity contribution in [2.45, 2.75) is 50.9 Å². The van der Waals surface area contributed by atoms with Crippen molar-refractivity contribution in [3.8, 4) is 0 Å². The molecular weight excluding hydrogens is 274 g/mol. The van der Waals surface area contributed by atoms with Gasteiger partial charge in [-0.05, 0) is 37.1 Å². The molecular formula is C17H25N3Si. The summed E-state index contributed by atoms with van der Waals surface area (Å²) in [7, 11) is -1.44. The van der Waals surface area contributed by atoms with Crippen LogP contribution >= 0.6 is 0 Å². The van der Waals surface area contributed by atoms with Crippen LogP contribution in [0.4, 0.5) is 0 Å². The number of hydrogen-bond acceptors (Lipinski definition) is 1. The minimum atomic E-state index is -1.44. The summed E-state index contributed by atoms with van der Waals surface area (Å²) in [4.78, 5) is 3.10. The van der Waals surface area contributed by atoms with Gasteiger partial charge in [-0.2, -0.15) is 0 Å². The topological polar surface area (TPSA) is 48.8 Å². The van der Waals surface area contributed by atoms with Crippen LogP contribution in [0.1, 0.15) is 25.7 Å². The summed E-state index contributed by atoms with van der Waals surface area (Å²) in [6.07, 6.45) is 8.86. The third kappa shape index (κ3) is 4.48. The molecule has 1 aromatic carbocycles. The molecule has 0 fully saturated rings. The van der Waals surface area contributed by atoms with Crippen molar-refractivity contribution in [1.29, 1.82) is 0 Å². The third-order valence-electron chi connectivity index (χ3n) is 4.67. The van der Waals surface area contributed by atoms with Crippen molar-refractivity contribution in [3.63, 3.8) is 0 Å². The van der Waals surface area contributed by atoms with E-state index in [2.05, 4.69) is 65.6 Å². The van der Waals surface area contributed by atoms with Crippen LogP contribution in [0.25, 0.3) is 10.4 Å². The van der Waals surface area contributed by atoms with E-state index in [-0.39, 0.29) is 6.04 Å². The normalized spacial score (nSPS) is 19.8. The van der Waals surface area contributed by atoms with E-state index in [4.69, 9.17) is 5.53 Å². The summed E-state index contributed by atoms with van der Waals surface area (Å²) in [6, 6.07) is 12.2. The molecule has 2 atom stereocenters. The van der Waals surface area contributed by atoms with Gasteiger partial charge in [0.2, 0.25) is 0 Å². The smallest absolute Gasteiger partial charge is 0.0806 e. The van der Waals surface area contributed by atoms with E-state index in [1.54, 1.807) is 0 Å². The maximum Gasteiger partial charge on any atom is 0.0806 e. The predicted octanol–water partition coefficient (Wildman–Crippen LogP) is 5.03. The Kier molecular flexibility index (Phi) is 5.65. The highest BCUT2D eigenvalue weighted by Crippen LogP contribution is 2.28. The van der Waals surface area contributed by atoms with Crippen molar-refractivity contribution >= 4 is 13.3 Å². The van der Waals surface area contributed by atoms with E-state index in [0.717, 1.165) is 25.7 Å². The van der Waals surface area contributed by atoms with Crippen LogP contribution < -0.4 is 5.19 Å². The molecule has 0 spiro atoms. The molecule has 1 aliphatic rings. The van der Waals surface area contributed by atoms with E-state index >= 15 is 0 Å². The van der Waals surface area contributed by atoms with Crippen molar-refractivity contribution < 1.29 is 0 Å². The Bertz CT molecular complexity index is 518. The van der Waals surface area contributed by atoms with Crippen molar-refractivity contribution in [3.05, 3.63) is 52.9 Å². The third-order valence-corrected chi connectivity index (χ3v) is 8.11. The average molecular weight is 299 g/mol. The van der Waals surface area contributed by atoms with Crippen LogP contribution in [0.3, 0.4) is 0 Å². The van der Waals surface area contributed by atoms with Gasteiger partial charge in [0.25, 0.3) is 0 Å². The fraction of sp³-hybridized carbons (Fsp3) is 0.529. The highest BCUT2D eigenvalue weighted by molar-refractivity contribution is 6.89. The number of nitrogens with zero attached hydrogens (tertiary/aromatic N) is 3. The molecule has 0 N–H and O–H groups in total. The van der Waals surface area contributed by atoms with E-state index < -0.39 is 8.07 Å². The maximum absolute atomic E-state index is 8.87. The van der Waals surface area contributed by atoms with E-state index in [1.807, 2.05) is 0 Å². The van der Waals surface area contributed by atoms with Crippen LogP contribution in [0.5, 0.6) is 0 Å². The highest BCUT2D eigenvalue weighted by atomic mass is 28.3. The van der Waals surface area contributed by atoms with Crippen molar-refractivity contribution in [2.24, 2.45) is 11.0 Å². The lowest BCUT2D eigenvalue weighted by Gasteiger charge is -2.28. The predicted molar refractivity (Wildman–Crippen MR) is 92.4 cm³/mol. The number of hydrogen-bond donors (Lipinski definition) is 0. The Morgan fingerprint density at radius 1 is 1.29 bits per heavy atom. The number of allylic oxidation sites excluding steroid dienone is 2. The first kappa shape index (κ1) is 15.9. The zero-order chi connectivity index (χ0) is 15.1. The van der Waals surface area contributed by atoms with Crippen LogP contribution in [0.15, 0.2) is 47.6 Å². The molecule has 1 aromatic rings. The average Bonchev–Trinajstić information content (AvgIpc) is 2.53. The Morgan fingerprint density at radius 2 is 2.05 bits per heavy atom. The van der Waals surface area contributed by atoms with Gasteiger partial charge in [-0.15, -0.1) is 0 Å². The van der Waals surface area contributed by atoms with Gasteiger partial charge < -0.3 is 0 Å². The summed E-state index contributed by atoms with van der Waals surface area (Å²) in [6.45, 7) is 4.83. The maximum atomic E-state index is 8.87. The lowest BCUT2D eigenvalue weighted by molar-refractivity contribution is 0.379. The van der Waals surface area contributed by atoms with Gasteiger partial charge in [0.05, 0.1) is 8.07 Å². The van der Waals surface area contributed by atoms with Crippen LogP contribution in [-0.4, -0.2) is 14.1 Å². The number of benzene rings is 1. The Morgan fingerprint density at radius 3 is 2.67 bits per heavy atom. The molecule has 0 amide bonds. The van der Waals surface area contributed by atoms with Gasteiger partial charge in [0.15, 0.2) is 0 Å². The molecule has 112 valence electrons. The van der Waals surface area contributed by atoms with Gasteiger partial charge >= 0.3 is 0 Å². The molecule has 2 unspecified atom stereocenters. The highest BCUT2D eigenvalue weighted by Gasteiger charge is 2.27. The molecule has 0 aromatic heterocycles. The van der Waals surface area contributed by atoms with Gasteiger partial charge in [-0.25, -0.2) is 0 Å². The van der Waals surface area contributed by atoms with Crippen molar-refractivity contribution in [1.82, 2.24) is 0 Å². The summed E-state index contributed by atoms with van der Waals surface area (Å²) in [5, 5.41) is 5.61. The SMILES string of the molecule is C[Si](C)(CCC(N=[N+]=[N-])C1CC=CCC1)c1ccccc1. The minimum Gasteiger partial charge on any atom is -0.0903 e. The van der Waals surface area contributed by atoms with Crippen LogP contribution in [-0.2, 0) is 0 Å². The van der Waals surface area contributed by atoms with E-state index in [9.17, 15) is 0 Å². The molecule has 0 aliphatic heterocycles. The second-order valence-electron chi connectivity index (χ2n) is 6.61. The molecule has 0 saturated heterocycles. The lowest BCUT2D eigenvalue weighted by atomic mass is 9.87. The Balaban J connectivity index is 2.01. The van der Waals surface area contributed by atoms with Gasteiger partial charge in [-0.3, -0.25) is 0 Å². The molecule has 0 radical (unpaired) electrons. The second-order valence-corrected chi connectivity index (χ2v) is 11.5.